The number of rotatable bonds is 5. The molecule has 0 fully saturated rings. The summed E-state index contributed by atoms with van der Waals surface area (Å²) in [6, 6.07) is 9.49. The van der Waals surface area contributed by atoms with E-state index < -0.39 is 17.2 Å². The van der Waals surface area contributed by atoms with Crippen molar-refractivity contribution >= 4 is 11.6 Å². The number of carbonyl (C=O) groups is 1. The molecule has 2 aromatic heterocycles. The van der Waals surface area contributed by atoms with Crippen molar-refractivity contribution in [1.29, 1.82) is 0 Å². The predicted octanol–water partition coefficient (Wildman–Crippen LogP) is 2.16. The Bertz CT molecular complexity index is 1170. The number of amides is 1. The number of aryl methyl sites for hydroxylation is 2. The summed E-state index contributed by atoms with van der Waals surface area (Å²) in [5.41, 5.74) is 3.31. The highest BCUT2D eigenvalue weighted by atomic mass is 16.3. The number of carbonyl (C=O) groups excluding carboxylic acids is 1. The molecule has 0 bridgehead atoms. The molecule has 1 amide bonds. The number of benzene rings is 1. The van der Waals surface area contributed by atoms with E-state index in [-0.39, 0.29) is 18.1 Å². The zero-order chi connectivity index (χ0) is 22.0. The van der Waals surface area contributed by atoms with E-state index in [2.05, 4.69) is 15.3 Å². The molecule has 3 aromatic rings. The summed E-state index contributed by atoms with van der Waals surface area (Å²) in [5, 5.41) is 13.0. The van der Waals surface area contributed by atoms with Crippen LogP contribution >= 0.6 is 0 Å². The molecule has 0 aliphatic rings. The van der Waals surface area contributed by atoms with Crippen molar-refractivity contribution < 1.29 is 9.90 Å². The maximum atomic E-state index is 12.7. The van der Waals surface area contributed by atoms with Crippen molar-refractivity contribution in [2.75, 3.05) is 19.0 Å². The van der Waals surface area contributed by atoms with Gasteiger partial charge in [-0.2, -0.15) is 0 Å². The predicted molar refractivity (Wildman–Crippen MR) is 116 cm³/mol. The number of pyridine rings is 1. The molecular formula is C22H25N5O3. The second-order valence-corrected chi connectivity index (χ2v) is 7.36. The van der Waals surface area contributed by atoms with Crippen LogP contribution in [0.2, 0.25) is 0 Å². The molecule has 0 radical (unpaired) electrons. The molecule has 0 aliphatic heterocycles. The maximum Gasteiger partial charge on any atom is 0.296 e. The molecule has 156 valence electrons. The zero-order valence-corrected chi connectivity index (χ0v) is 17.7. The Hall–Kier alpha value is -3.68. The molecule has 8 heteroatoms. The summed E-state index contributed by atoms with van der Waals surface area (Å²) in [4.78, 5) is 35.8. The van der Waals surface area contributed by atoms with E-state index in [1.165, 1.54) is 11.6 Å². The van der Waals surface area contributed by atoms with Crippen molar-refractivity contribution in [3.63, 3.8) is 0 Å². The number of nitrogens with one attached hydrogen (secondary N) is 1. The molecule has 2 N–H and O–H groups in total. The zero-order valence-electron chi connectivity index (χ0n) is 17.7. The first-order valence-electron chi connectivity index (χ1n) is 9.47. The molecule has 30 heavy (non-hydrogen) atoms. The lowest BCUT2D eigenvalue weighted by atomic mass is 10.1. The highest BCUT2D eigenvalue weighted by Crippen LogP contribution is 2.26. The van der Waals surface area contributed by atoms with Crippen LogP contribution in [0.15, 0.2) is 41.3 Å². The monoisotopic (exact) mass is 407 g/mol. The number of hydrogen-bond acceptors (Lipinski definition) is 6. The van der Waals surface area contributed by atoms with Crippen molar-refractivity contribution in [3.05, 3.63) is 69.3 Å². The summed E-state index contributed by atoms with van der Waals surface area (Å²) in [6.07, 6.45) is 1.58. The molecule has 2 heterocycles. The van der Waals surface area contributed by atoms with Crippen molar-refractivity contribution in [1.82, 2.24) is 19.9 Å². The second-order valence-electron chi connectivity index (χ2n) is 7.36. The molecule has 3 rings (SSSR count). The van der Waals surface area contributed by atoms with E-state index in [1.807, 2.05) is 57.1 Å². The van der Waals surface area contributed by atoms with Gasteiger partial charge in [-0.3, -0.25) is 19.1 Å². The van der Waals surface area contributed by atoms with Crippen LogP contribution in [0.3, 0.4) is 0 Å². The van der Waals surface area contributed by atoms with Crippen LogP contribution in [-0.2, 0) is 13.6 Å². The van der Waals surface area contributed by atoms with Crippen molar-refractivity contribution in [3.8, 4) is 17.3 Å². The van der Waals surface area contributed by atoms with E-state index >= 15 is 0 Å². The number of hydrogen-bond donors (Lipinski definition) is 2. The van der Waals surface area contributed by atoms with E-state index in [1.54, 1.807) is 12.3 Å². The average Bonchev–Trinajstić information content (AvgIpc) is 2.73. The van der Waals surface area contributed by atoms with Gasteiger partial charge in [0, 0.05) is 33.9 Å². The van der Waals surface area contributed by atoms with Gasteiger partial charge in [-0.1, -0.05) is 18.2 Å². The molecular weight excluding hydrogens is 382 g/mol. The van der Waals surface area contributed by atoms with Crippen molar-refractivity contribution in [2.45, 2.75) is 20.4 Å². The smallest absolute Gasteiger partial charge is 0.296 e. The Labute approximate surface area is 174 Å². The Morgan fingerprint density at radius 3 is 2.60 bits per heavy atom. The van der Waals surface area contributed by atoms with Gasteiger partial charge < -0.3 is 15.3 Å². The van der Waals surface area contributed by atoms with Crippen LogP contribution in [0.4, 0.5) is 5.69 Å². The third-order valence-corrected chi connectivity index (χ3v) is 4.99. The molecule has 0 saturated carbocycles. The lowest BCUT2D eigenvalue weighted by Gasteiger charge is -2.18. The quantitative estimate of drug-likeness (QED) is 0.672. The number of nitrogens with zero attached hydrogens (tertiary/aromatic N) is 4. The van der Waals surface area contributed by atoms with Gasteiger partial charge in [0.05, 0.1) is 5.69 Å². The molecule has 0 spiro atoms. The Morgan fingerprint density at radius 2 is 1.93 bits per heavy atom. The largest absolute Gasteiger partial charge is 0.501 e. The first-order valence-corrected chi connectivity index (χ1v) is 9.47. The number of aromatic nitrogens is 3. The highest BCUT2D eigenvalue weighted by Gasteiger charge is 2.23. The van der Waals surface area contributed by atoms with Crippen molar-refractivity contribution in [2.24, 2.45) is 7.05 Å². The minimum absolute atomic E-state index is 0.193. The van der Waals surface area contributed by atoms with Gasteiger partial charge in [0.2, 0.25) is 5.75 Å². The van der Waals surface area contributed by atoms with Crippen LogP contribution in [-0.4, -0.2) is 39.6 Å². The third kappa shape index (κ3) is 4.03. The third-order valence-electron chi connectivity index (χ3n) is 4.99. The summed E-state index contributed by atoms with van der Waals surface area (Å²) in [7, 11) is 5.17. The van der Waals surface area contributed by atoms with Crippen LogP contribution in [0.1, 0.15) is 27.2 Å². The minimum Gasteiger partial charge on any atom is -0.501 e. The maximum absolute atomic E-state index is 12.7. The van der Waals surface area contributed by atoms with Crippen LogP contribution < -0.4 is 15.8 Å². The van der Waals surface area contributed by atoms with Gasteiger partial charge in [-0.15, -0.1) is 0 Å². The fourth-order valence-corrected chi connectivity index (χ4v) is 3.07. The van der Waals surface area contributed by atoms with E-state index in [0.717, 1.165) is 22.4 Å². The summed E-state index contributed by atoms with van der Waals surface area (Å²) in [6.45, 7) is 4.26. The average molecular weight is 407 g/mol. The van der Waals surface area contributed by atoms with E-state index in [9.17, 15) is 14.7 Å². The molecule has 0 aliphatic carbocycles. The van der Waals surface area contributed by atoms with Crippen LogP contribution in [0, 0.1) is 13.8 Å². The van der Waals surface area contributed by atoms with Crippen LogP contribution in [0.25, 0.3) is 11.5 Å². The van der Waals surface area contributed by atoms with Gasteiger partial charge >= 0.3 is 0 Å². The summed E-state index contributed by atoms with van der Waals surface area (Å²) >= 11 is 0. The van der Waals surface area contributed by atoms with Gasteiger partial charge in [0.15, 0.2) is 11.5 Å². The SMILES string of the molecule is Cc1ccc(CNC(=O)c2nc(-c3ncccc3N(C)C)n(C)c(=O)c2O)cc1C. The van der Waals surface area contributed by atoms with Gasteiger partial charge in [0.25, 0.3) is 11.5 Å². The Morgan fingerprint density at radius 1 is 1.20 bits per heavy atom. The highest BCUT2D eigenvalue weighted by molar-refractivity contribution is 5.95. The number of anilines is 1. The number of aromatic hydroxyl groups is 1. The normalized spacial score (nSPS) is 10.7. The van der Waals surface area contributed by atoms with Gasteiger partial charge in [-0.05, 0) is 42.7 Å². The fraction of sp³-hybridized carbons (Fsp3) is 0.273. The van der Waals surface area contributed by atoms with E-state index in [4.69, 9.17) is 0 Å². The molecule has 8 nitrogen and oxygen atoms in total. The summed E-state index contributed by atoms with van der Waals surface area (Å²) in [5.74, 6) is -1.13. The molecule has 0 atom stereocenters. The molecule has 1 aromatic carbocycles. The van der Waals surface area contributed by atoms with Gasteiger partial charge in [-0.25, -0.2) is 4.98 Å². The lowest BCUT2D eigenvalue weighted by molar-refractivity contribution is 0.0942. The molecule has 0 unspecified atom stereocenters. The molecule has 0 saturated heterocycles. The van der Waals surface area contributed by atoms with Gasteiger partial charge in [0.1, 0.15) is 5.69 Å². The van der Waals surface area contributed by atoms with E-state index in [0.29, 0.717) is 5.69 Å². The second kappa shape index (κ2) is 8.36. The summed E-state index contributed by atoms with van der Waals surface area (Å²) < 4.78 is 1.19. The fourth-order valence-electron chi connectivity index (χ4n) is 3.07. The first kappa shape index (κ1) is 21.0. The minimum atomic E-state index is -0.716. The van der Waals surface area contributed by atoms with Crippen LogP contribution in [0.5, 0.6) is 5.75 Å². The first-order chi connectivity index (χ1) is 14.2. The lowest BCUT2D eigenvalue weighted by Crippen LogP contribution is -2.29. The topological polar surface area (TPSA) is 100 Å². The Kier molecular flexibility index (Phi) is 5.86. The Balaban J connectivity index is 1.98. The standard InChI is InChI=1S/C22H25N5O3/c1-13-8-9-15(11-14(13)2)12-24-21(29)18-19(28)22(30)27(5)20(25-18)17-16(26(3)4)7-6-10-23-17/h6-11,28H,12H2,1-5H3,(H,24,29).